The van der Waals surface area contributed by atoms with Gasteiger partial charge in [-0.2, -0.15) is 5.10 Å². The molecule has 0 saturated carbocycles. The van der Waals surface area contributed by atoms with Crippen LogP contribution in [0.2, 0.25) is 0 Å². The summed E-state index contributed by atoms with van der Waals surface area (Å²) in [5, 5.41) is 5.56. The number of nitrogens with two attached hydrogens (primary N) is 1. The van der Waals surface area contributed by atoms with Gasteiger partial charge in [-0.05, 0) is 0 Å². The quantitative estimate of drug-likeness (QED) is 0.192. The fourth-order valence-electron chi connectivity index (χ4n) is 0.0333. The predicted octanol–water partition coefficient (Wildman–Crippen LogP) is -0.729. The van der Waals surface area contributed by atoms with Crippen LogP contribution < -0.4 is 5.84 Å². The first kappa shape index (κ1) is 10.2. The Labute approximate surface area is 94.5 Å². The van der Waals surface area contributed by atoms with Crippen molar-refractivity contribution in [3.63, 3.8) is 0 Å². The zero-order chi connectivity index (χ0) is 4.12. The molecular weight excluding hydrogens is 201 g/mol. The number of nitrogens with zero attached hydrogens (tertiary/aromatic N) is 2. The molecule has 6 heavy (non-hydrogen) atoms. The van der Waals surface area contributed by atoms with Gasteiger partial charge in [-0.25, -0.2) is 5.53 Å². The molecule has 0 radical (unpaired) electrons. The Morgan fingerprint density at radius 2 is 2.17 bits per heavy atom. The average Bonchev–Trinajstić information content (AvgIpc) is 1.41. The van der Waals surface area contributed by atoms with E-state index in [0.29, 0.717) is 0 Å². The number of hydrogen-bond donors (Lipinski definition) is 2. The topological polar surface area (TPSA) is 74.6 Å². The van der Waals surface area contributed by atoms with Gasteiger partial charge in [0, 0.05) is 0 Å². The summed E-state index contributed by atoms with van der Waals surface area (Å²) in [5.41, 5.74) is 6.00. The predicted molar refractivity (Wildman–Crippen MR) is 25.0 cm³/mol. The van der Waals surface area contributed by atoms with E-state index in [2.05, 4.69) is 16.1 Å². The SMILES string of the molecule is N=NC=NN.[CsH]. The van der Waals surface area contributed by atoms with E-state index in [4.69, 9.17) is 5.53 Å². The molecule has 0 unspecified atom stereocenters. The summed E-state index contributed by atoms with van der Waals surface area (Å²) in [4.78, 5) is 0. The van der Waals surface area contributed by atoms with Crippen molar-refractivity contribution in [2.75, 3.05) is 0 Å². The van der Waals surface area contributed by atoms with E-state index < -0.39 is 0 Å². The standard InChI is InChI=1S/CH4N4.Cs.H/c2-4-1-5-3;;/h1-2H,3H2;;. The number of nitrogens with one attached hydrogen (secondary N) is 1. The fourth-order valence-corrected chi connectivity index (χ4v) is 0.0333. The average molecular weight is 206 g/mol. The van der Waals surface area contributed by atoms with Crippen LogP contribution in [0.15, 0.2) is 10.2 Å². The van der Waals surface area contributed by atoms with Gasteiger partial charge in [0.1, 0.15) is 0 Å². The van der Waals surface area contributed by atoms with Crippen LogP contribution in [0.1, 0.15) is 0 Å². The van der Waals surface area contributed by atoms with Crippen molar-refractivity contribution in [1.29, 1.82) is 5.53 Å². The van der Waals surface area contributed by atoms with Gasteiger partial charge in [-0.1, -0.05) is 0 Å². The number of hydrazone groups is 1. The van der Waals surface area contributed by atoms with E-state index in [1.807, 2.05) is 0 Å². The van der Waals surface area contributed by atoms with E-state index >= 15 is 0 Å². The molecule has 0 aliphatic rings. The molecule has 0 aromatic carbocycles. The van der Waals surface area contributed by atoms with E-state index in [0.717, 1.165) is 6.34 Å². The van der Waals surface area contributed by atoms with Crippen LogP contribution in [0.25, 0.3) is 0 Å². The summed E-state index contributed by atoms with van der Waals surface area (Å²) in [5.74, 6) is 4.49. The van der Waals surface area contributed by atoms with Gasteiger partial charge < -0.3 is 5.84 Å². The van der Waals surface area contributed by atoms with Crippen molar-refractivity contribution in [3.8, 4) is 0 Å². The maximum absolute atomic E-state index is 6.00. The molecule has 0 atom stereocenters. The molecule has 0 rings (SSSR count). The zero-order valence-electron chi connectivity index (χ0n) is 2.55. The van der Waals surface area contributed by atoms with E-state index in [-0.39, 0.29) is 68.9 Å². The third-order valence-corrected chi connectivity index (χ3v) is 0.124. The molecule has 0 spiro atoms. The Morgan fingerprint density at radius 1 is 1.67 bits per heavy atom. The van der Waals surface area contributed by atoms with Gasteiger partial charge in [0.15, 0.2) is 6.34 Å². The molecule has 0 aromatic heterocycles. The molecule has 4 nitrogen and oxygen atoms in total. The van der Waals surface area contributed by atoms with Gasteiger partial charge in [-0.3, -0.25) is 0 Å². The second-order valence-corrected chi connectivity index (χ2v) is 0.394. The van der Waals surface area contributed by atoms with Gasteiger partial charge >= 0.3 is 68.9 Å². The van der Waals surface area contributed by atoms with Crippen LogP contribution in [0.3, 0.4) is 0 Å². The van der Waals surface area contributed by atoms with Crippen LogP contribution in [0, 0.1) is 5.53 Å². The van der Waals surface area contributed by atoms with Crippen LogP contribution in [-0.4, -0.2) is 75.2 Å². The molecule has 3 N–H and O–H groups in total. The first-order valence-corrected chi connectivity index (χ1v) is 0.998. The zero-order valence-corrected chi connectivity index (χ0v) is 2.55. The minimum absolute atomic E-state index is 0. The molecule has 5 heteroatoms. The van der Waals surface area contributed by atoms with Gasteiger partial charge in [-0.15, -0.1) is 5.11 Å². The third-order valence-electron chi connectivity index (χ3n) is 0.124. The van der Waals surface area contributed by atoms with Crippen molar-refractivity contribution < 1.29 is 0 Å². The van der Waals surface area contributed by atoms with Gasteiger partial charge in [0.25, 0.3) is 0 Å². The van der Waals surface area contributed by atoms with Gasteiger partial charge in [0.05, 0.1) is 0 Å². The second kappa shape index (κ2) is 9.45. The Bertz CT molecular complexity index is 49.5. The van der Waals surface area contributed by atoms with Crippen molar-refractivity contribution in [2.45, 2.75) is 0 Å². The Kier molecular flexibility index (Phi) is 16.0. The third kappa shape index (κ3) is 8.93. The normalized spacial score (nSPS) is 7.33. The summed E-state index contributed by atoms with van der Waals surface area (Å²) >= 11 is 0. The van der Waals surface area contributed by atoms with E-state index in [1.165, 1.54) is 0 Å². The fraction of sp³-hybridized carbons (Fsp3) is 0. The molecule has 0 aliphatic heterocycles. The van der Waals surface area contributed by atoms with E-state index in [9.17, 15) is 0 Å². The monoisotopic (exact) mass is 206 g/mol. The molecule has 0 saturated heterocycles. The van der Waals surface area contributed by atoms with Crippen LogP contribution in [-0.2, 0) is 0 Å². The summed E-state index contributed by atoms with van der Waals surface area (Å²) in [6, 6.07) is 0. The molecule has 0 bridgehead atoms. The minimum atomic E-state index is 0. The first-order valence-electron chi connectivity index (χ1n) is 0.998. The van der Waals surface area contributed by atoms with Crippen LogP contribution in [0.4, 0.5) is 0 Å². The van der Waals surface area contributed by atoms with E-state index in [1.54, 1.807) is 0 Å². The summed E-state index contributed by atoms with van der Waals surface area (Å²) in [6.45, 7) is 0. The molecule has 0 heterocycles. The molecule has 0 fully saturated rings. The first-order chi connectivity index (χ1) is 2.41. The van der Waals surface area contributed by atoms with Crippen molar-refractivity contribution >= 4 is 75.2 Å². The maximum atomic E-state index is 6.00. The van der Waals surface area contributed by atoms with Crippen LogP contribution >= 0.6 is 0 Å². The van der Waals surface area contributed by atoms with Crippen LogP contribution in [0.5, 0.6) is 0 Å². The summed E-state index contributed by atoms with van der Waals surface area (Å²) in [7, 11) is 0. The summed E-state index contributed by atoms with van der Waals surface area (Å²) in [6.07, 6.45) is 0.944. The Hall–Kier alpha value is 1.12. The molecule has 0 amide bonds. The van der Waals surface area contributed by atoms with Crippen molar-refractivity contribution in [3.05, 3.63) is 0 Å². The molecule has 0 aliphatic carbocycles. The molecule has 30 valence electrons. The summed E-state index contributed by atoms with van der Waals surface area (Å²) < 4.78 is 0. The Balaban J connectivity index is 0. The van der Waals surface area contributed by atoms with Crippen molar-refractivity contribution in [1.82, 2.24) is 0 Å². The number of hydrogen-bond acceptors (Lipinski definition) is 3. The van der Waals surface area contributed by atoms with Gasteiger partial charge in [0.2, 0.25) is 0 Å². The molecular formula is CH5CsN4. The number of rotatable bonds is 1. The van der Waals surface area contributed by atoms with Crippen molar-refractivity contribution in [2.24, 2.45) is 16.1 Å². The second-order valence-electron chi connectivity index (χ2n) is 0.394. The Morgan fingerprint density at radius 3 is 2.17 bits per heavy atom. The molecule has 0 aromatic rings.